The van der Waals surface area contributed by atoms with Gasteiger partial charge in [-0.25, -0.2) is 8.78 Å². The first-order chi connectivity index (χ1) is 15.7. The summed E-state index contributed by atoms with van der Waals surface area (Å²) in [4.78, 5) is 39.0. The molecule has 1 aliphatic heterocycles. The van der Waals surface area contributed by atoms with Crippen molar-refractivity contribution in [2.75, 3.05) is 5.32 Å². The molecule has 4 rings (SSSR count). The van der Waals surface area contributed by atoms with Crippen molar-refractivity contribution >= 4 is 23.3 Å². The lowest BCUT2D eigenvalue weighted by Crippen LogP contribution is -2.51. The van der Waals surface area contributed by atoms with Crippen molar-refractivity contribution in [3.63, 3.8) is 0 Å². The van der Waals surface area contributed by atoms with Crippen LogP contribution >= 0.6 is 0 Å². The Morgan fingerprint density at radius 2 is 1.97 bits per heavy atom. The van der Waals surface area contributed by atoms with Crippen LogP contribution in [0.1, 0.15) is 51.4 Å². The Labute approximate surface area is 188 Å². The van der Waals surface area contributed by atoms with Crippen molar-refractivity contribution in [3.8, 4) is 0 Å². The molecule has 8 N–H and O–H groups in total. The summed E-state index contributed by atoms with van der Waals surface area (Å²) >= 11 is 0. The van der Waals surface area contributed by atoms with Crippen LogP contribution in [0.3, 0.4) is 0 Å². The third kappa shape index (κ3) is 3.89. The quantitative estimate of drug-likeness (QED) is 0.179. The molecule has 2 amide bonds. The predicted molar refractivity (Wildman–Crippen MR) is 115 cm³/mol. The number of nitrogens with zero attached hydrogens (tertiary/aromatic N) is 1. The van der Waals surface area contributed by atoms with Gasteiger partial charge in [-0.15, -0.1) is 0 Å². The van der Waals surface area contributed by atoms with Crippen molar-refractivity contribution in [2.45, 2.75) is 44.7 Å². The molecule has 2 aliphatic rings. The smallest absolute Gasteiger partial charge is 0.293 e. The molecule has 0 unspecified atom stereocenters. The number of amides is 2. The highest BCUT2D eigenvalue weighted by Crippen LogP contribution is 2.40. The van der Waals surface area contributed by atoms with Crippen LogP contribution in [-0.4, -0.2) is 27.7 Å². The van der Waals surface area contributed by atoms with E-state index in [1.807, 2.05) is 0 Å². The molecule has 0 radical (unpaired) electrons. The lowest BCUT2D eigenvalue weighted by atomic mass is 10.0. The number of halogens is 2. The minimum atomic E-state index is -0.914. The number of hydrogen-bond acceptors (Lipinski definition) is 5. The van der Waals surface area contributed by atoms with Crippen LogP contribution in [0.15, 0.2) is 30.1 Å². The summed E-state index contributed by atoms with van der Waals surface area (Å²) < 4.78 is 28.9. The molecule has 1 aromatic carbocycles. The molecule has 9 nitrogen and oxygen atoms in total. The van der Waals surface area contributed by atoms with Crippen LogP contribution in [0.5, 0.6) is 0 Å². The number of nitrogens with one attached hydrogen (secondary N) is 3. The lowest BCUT2D eigenvalue weighted by Gasteiger charge is -2.18. The standard InChI is InChI=1S/C22H24F2N6O3/c1-11-17(19(31)21(33)28-22(6-7-22)16(10-25)29-26)15-3-2-8-30(15)18(11)20(32)27-14-5-4-12(23)9-13(14)24/h4-5,9-10,29H,2-3,6-8,25-26H2,1H3,(H,27,32)(H,28,33)/p+1. The first-order valence-corrected chi connectivity index (χ1v) is 10.5. The van der Waals surface area contributed by atoms with Gasteiger partial charge in [-0.1, -0.05) is 0 Å². The van der Waals surface area contributed by atoms with Crippen molar-refractivity contribution in [3.05, 3.63) is 64.2 Å². The maximum absolute atomic E-state index is 14.0. The molecular weight excluding hydrogens is 434 g/mol. The molecule has 1 fully saturated rings. The number of anilines is 1. The van der Waals surface area contributed by atoms with E-state index in [4.69, 9.17) is 5.84 Å². The van der Waals surface area contributed by atoms with E-state index in [1.165, 1.54) is 6.20 Å². The molecule has 174 valence electrons. The zero-order chi connectivity index (χ0) is 23.9. The fraction of sp³-hybridized carbons (Fsp3) is 0.318. The molecule has 1 aliphatic carbocycles. The van der Waals surface area contributed by atoms with E-state index in [-0.39, 0.29) is 16.9 Å². The number of aromatic nitrogens is 1. The van der Waals surface area contributed by atoms with Gasteiger partial charge in [0.1, 0.15) is 29.2 Å². The van der Waals surface area contributed by atoms with E-state index < -0.39 is 34.8 Å². The fourth-order valence-electron chi connectivity index (χ4n) is 4.45. The maximum Gasteiger partial charge on any atom is 0.293 e. The molecule has 0 spiro atoms. The number of rotatable bonds is 7. The Hall–Kier alpha value is -3.57. The Morgan fingerprint density at radius 1 is 1.24 bits per heavy atom. The highest BCUT2D eigenvalue weighted by Gasteiger charge is 2.49. The van der Waals surface area contributed by atoms with Gasteiger partial charge in [0, 0.05) is 18.3 Å². The van der Waals surface area contributed by atoms with Gasteiger partial charge >= 0.3 is 0 Å². The zero-order valence-corrected chi connectivity index (χ0v) is 18.1. The number of nitrogens with two attached hydrogens (primary N) is 1. The summed E-state index contributed by atoms with van der Waals surface area (Å²) in [6.07, 6.45) is 3.93. The van der Waals surface area contributed by atoms with Crippen molar-refractivity contribution in [2.24, 2.45) is 5.84 Å². The van der Waals surface area contributed by atoms with Crippen molar-refractivity contribution in [1.29, 1.82) is 0 Å². The Bertz CT molecular complexity index is 1200. The Kier molecular flexibility index (Phi) is 5.76. The number of benzene rings is 1. The number of quaternary nitrogens is 1. The second kappa shape index (κ2) is 8.41. The molecule has 1 aromatic heterocycles. The summed E-state index contributed by atoms with van der Waals surface area (Å²) in [6.45, 7) is 2.06. The molecular formula is C22H25F2N6O3+. The van der Waals surface area contributed by atoms with Crippen LogP contribution in [0.4, 0.5) is 14.5 Å². The second-order valence-corrected chi connectivity index (χ2v) is 8.26. The number of hydrogen-bond donors (Lipinski definition) is 5. The molecule has 33 heavy (non-hydrogen) atoms. The van der Waals surface area contributed by atoms with Gasteiger partial charge in [-0.2, -0.15) is 0 Å². The normalized spacial score (nSPS) is 16.2. The molecule has 2 aromatic rings. The summed E-state index contributed by atoms with van der Waals surface area (Å²) in [5.41, 5.74) is 7.02. The average Bonchev–Trinajstić information content (AvgIpc) is 3.28. The maximum atomic E-state index is 14.0. The lowest BCUT2D eigenvalue weighted by molar-refractivity contribution is -0.277. The molecule has 11 heteroatoms. The number of hydrazine groups is 1. The largest absolute Gasteiger partial charge is 0.340 e. The second-order valence-electron chi connectivity index (χ2n) is 8.26. The van der Waals surface area contributed by atoms with Crippen LogP contribution < -0.4 is 27.6 Å². The fourth-order valence-corrected chi connectivity index (χ4v) is 4.45. The van der Waals surface area contributed by atoms with Gasteiger partial charge in [0.2, 0.25) is 0 Å². The van der Waals surface area contributed by atoms with Gasteiger partial charge in [-0.05, 0) is 50.3 Å². The van der Waals surface area contributed by atoms with Crippen molar-refractivity contribution in [1.82, 2.24) is 15.3 Å². The number of carbonyl (C=O) groups is 3. The summed E-state index contributed by atoms with van der Waals surface area (Å²) in [6, 6.07) is 2.83. The summed E-state index contributed by atoms with van der Waals surface area (Å²) in [7, 11) is 0. The van der Waals surface area contributed by atoms with E-state index in [1.54, 1.807) is 11.5 Å². The summed E-state index contributed by atoms with van der Waals surface area (Å²) in [5.74, 6) is 1.62. The number of carbonyl (C=O) groups excluding carboxylic acids is 3. The number of ketones is 1. The molecule has 2 heterocycles. The van der Waals surface area contributed by atoms with Gasteiger partial charge < -0.3 is 26.4 Å². The molecule has 0 saturated heterocycles. The third-order valence-corrected chi connectivity index (χ3v) is 6.22. The third-order valence-electron chi connectivity index (χ3n) is 6.22. The first-order valence-electron chi connectivity index (χ1n) is 10.5. The first kappa shape index (κ1) is 22.6. The van der Waals surface area contributed by atoms with E-state index in [0.717, 1.165) is 12.1 Å². The minimum absolute atomic E-state index is 0.172. The van der Waals surface area contributed by atoms with E-state index in [2.05, 4.69) is 21.8 Å². The van der Waals surface area contributed by atoms with Gasteiger partial charge in [-0.3, -0.25) is 20.2 Å². The Balaban J connectivity index is 1.63. The Morgan fingerprint density at radius 3 is 2.58 bits per heavy atom. The summed E-state index contributed by atoms with van der Waals surface area (Å²) in [5, 5.41) is 5.18. The minimum Gasteiger partial charge on any atom is -0.340 e. The van der Waals surface area contributed by atoms with Gasteiger partial charge in [0.25, 0.3) is 17.6 Å². The monoisotopic (exact) mass is 459 g/mol. The SMILES string of the molecule is Cc1c(C(=O)C(=O)NC2(C(=C[NH3+])NN)CC2)c2n(c1C(=O)Nc1ccc(F)cc1F)CCC2. The van der Waals surface area contributed by atoms with E-state index >= 15 is 0 Å². The average molecular weight is 459 g/mol. The number of fused-ring (bicyclic) bond motifs is 1. The van der Waals surface area contributed by atoms with Crippen LogP contribution in [0.25, 0.3) is 0 Å². The van der Waals surface area contributed by atoms with Crippen molar-refractivity contribution < 1.29 is 28.9 Å². The van der Waals surface area contributed by atoms with Crippen LogP contribution in [-0.2, 0) is 17.8 Å². The highest BCUT2D eigenvalue weighted by molar-refractivity contribution is 6.44. The topological polar surface area (TPSA) is 146 Å². The van der Waals surface area contributed by atoms with Gasteiger partial charge in [0.15, 0.2) is 0 Å². The molecule has 0 atom stereocenters. The molecule has 0 bridgehead atoms. The highest BCUT2D eigenvalue weighted by atomic mass is 19.1. The molecule has 1 saturated carbocycles. The van der Waals surface area contributed by atoms with E-state index in [0.29, 0.717) is 55.2 Å². The van der Waals surface area contributed by atoms with Gasteiger partial charge in [0.05, 0.1) is 16.8 Å². The predicted octanol–water partition coefficient (Wildman–Crippen LogP) is 0.651. The van der Waals surface area contributed by atoms with Crippen LogP contribution in [0.2, 0.25) is 0 Å². The van der Waals surface area contributed by atoms with Crippen LogP contribution in [0, 0.1) is 18.6 Å². The van der Waals surface area contributed by atoms with E-state index in [9.17, 15) is 23.2 Å². The number of Topliss-reactive ketones (excluding diaryl/α,β-unsaturated/α-hetero) is 1. The zero-order valence-electron chi connectivity index (χ0n) is 18.1.